The van der Waals surface area contributed by atoms with Crippen LogP contribution in [0.1, 0.15) is 25.0 Å². The lowest BCUT2D eigenvalue weighted by atomic mass is 9.98. The quantitative estimate of drug-likeness (QED) is 0.788. The molecule has 4 heteroatoms. The zero-order valence-electron chi connectivity index (χ0n) is 10.3. The van der Waals surface area contributed by atoms with Gasteiger partial charge in [0.05, 0.1) is 6.61 Å². The van der Waals surface area contributed by atoms with Crippen molar-refractivity contribution in [3.05, 3.63) is 29.3 Å². The molecule has 94 valence electrons. The van der Waals surface area contributed by atoms with Crippen molar-refractivity contribution in [2.75, 3.05) is 6.61 Å². The van der Waals surface area contributed by atoms with E-state index >= 15 is 0 Å². The minimum Gasteiger partial charge on any atom is -0.494 e. The molecule has 0 saturated carbocycles. The Balaban J connectivity index is 2.88. The molecule has 0 aliphatic heterocycles. The van der Waals surface area contributed by atoms with Crippen LogP contribution >= 0.6 is 0 Å². The summed E-state index contributed by atoms with van der Waals surface area (Å²) >= 11 is 0. The third kappa shape index (κ3) is 3.75. The zero-order valence-corrected chi connectivity index (χ0v) is 10.3. The first-order chi connectivity index (χ1) is 8.08. The lowest BCUT2D eigenvalue weighted by molar-refractivity contribution is -0.138. The smallest absolute Gasteiger partial charge is 0.320 e. The van der Waals surface area contributed by atoms with Crippen LogP contribution in [0.5, 0.6) is 5.75 Å². The number of carboxylic acids is 1. The maximum Gasteiger partial charge on any atom is 0.320 e. The Kier molecular flexibility index (Phi) is 4.97. The molecule has 0 radical (unpaired) electrons. The molecule has 0 heterocycles. The molecule has 17 heavy (non-hydrogen) atoms. The van der Waals surface area contributed by atoms with Crippen LogP contribution in [0.25, 0.3) is 0 Å². The minimum absolute atomic E-state index is 0.352. The first-order valence-corrected chi connectivity index (χ1v) is 5.81. The Morgan fingerprint density at radius 3 is 2.65 bits per heavy atom. The van der Waals surface area contributed by atoms with Gasteiger partial charge in [0.15, 0.2) is 0 Å². The van der Waals surface area contributed by atoms with Crippen molar-refractivity contribution in [3.63, 3.8) is 0 Å². The Bertz CT molecular complexity index is 390. The largest absolute Gasteiger partial charge is 0.494 e. The summed E-state index contributed by atoms with van der Waals surface area (Å²) in [5.41, 5.74) is 7.61. The highest BCUT2D eigenvalue weighted by atomic mass is 16.5. The van der Waals surface area contributed by atoms with Crippen molar-refractivity contribution < 1.29 is 14.6 Å². The summed E-state index contributed by atoms with van der Waals surface area (Å²) in [5, 5.41) is 8.80. The molecule has 0 saturated heterocycles. The summed E-state index contributed by atoms with van der Waals surface area (Å²) in [6, 6.07) is 4.85. The van der Waals surface area contributed by atoms with Crippen molar-refractivity contribution in [3.8, 4) is 5.75 Å². The number of carbonyl (C=O) groups is 1. The van der Waals surface area contributed by atoms with Gasteiger partial charge in [0, 0.05) is 0 Å². The van der Waals surface area contributed by atoms with E-state index in [-0.39, 0.29) is 0 Å². The highest BCUT2D eigenvalue weighted by molar-refractivity contribution is 5.73. The lowest BCUT2D eigenvalue weighted by Gasteiger charge is -2.12. The number of aryl methyl sites for hydroxylation is 1. The minimum atomic E-state index is -0.971. The molecule has 0 bridgehead atoms. The van der Waals surface area contributed by atoms with Gasteiger partial charge >= 0.3 is 5.97 Å². The Labute approximate surface area is 101 Å². The van der Waals surface area contributed by atoms with E-state index in [4.69, 9.17) is 15.6 Å². The molecule has 0 aromatic heterocycles. The highest BCUT2D eigenvalue weighted by Gasteiger charge is 2.14. The van der Waals surface area contributed by atoms with E-state index in [1.165, 1.54) is 0 Å². The van der Waals surface area contributed by atoms with Crippen LogP contribution in [0.2, 0.25) is 0 Å². The molecule has 1 aromatic rings. The van der Waals surface area contributed by atoms with Crippen molar-refractivity contribution in [2.45, 2.75) is 32.7 Å². The summed E-state index contributed by atoms with van der Waals surface area (Å²) in [5.74, 6) is -0.155. The Hall–Kier alpha value is -1.55. The van der Waals surface area contributed by atoms with Crippen LogP contribution in [-0.2, 0) is 17.6 Å². The number of hydrogen-bond donors (Lipinski definition) is 2. The van der Waals surface area contributed by atoms with E-state index in [2.05, 4.69) is 0 Å². The molecule has 0 aliphatic rings. The highest BCUT2D eigenvalue weighted by Crippen LogP contribution is 2.19. The normalized spacial score (nSPS) is 12.2. The van der Waals surface area contributed by atoms with Crippen LogP contribution in [0.15, 0.2) is 18.2 Å². The average Bonchev–Trinajstić information content (AvgIpc) is 2.31. The topological polar surface area (TPSA) is 72.5 Å². The predicted molar refractivity (Wildman–Crippen MR) is 66.3 cm³/mol. The molecule has 1 aromatic carbocycles. The van der Waals surface area contributed by atoms with E-state index in [0.717, 1.165) is 23.3 Å². The number of nitrogens with two attached hydrogens (primary N) is 1. The van der Waals surface area contributed by atoms with Gasteiger partial charge in [-0.15, -0.1) is 0 Å². The lowest BCUT2D eigenvalue weighted by Crippen LogP contribution is -2.32. The molecule has 1 atom stereocenters. The number of benzene rings is 1. The van der Waals surface area contributed by atoms with Crippen molar-refractivity contribution in [1.29, 1.82) is 0 Å². The SMILES string of the molecule is CCOc1ccc(CC(N)C(=O)O)c(CC)c1. The first-order valence-electron chi connectivity index (χ1n) is 5.81. The molecule has 3 N–H and O–H groups in total. The average molecular weight is 237 g/mol. The third-order valence-corrected chi connectivity index (χ3v) is 2.63. The summed E-state index contributed by atoms with van der Waals surface area (Å²) in [6.07, 6.45) is 1.19. The second kappa shape index (κ2) is 6.25. The van der Waals surface area contributed by atoms with Gasteiger partial charge in [0.25, 0.3) is 0 Å². The molecule has 1 unspecified atom stereocenters. The van der Waals surface area contributed by atoms with E-state index in [1.54, 1.807) is 0 Å². The van der Waals surface area contributed by atoms with Gasteiger partial charge in [0.1, 0.15) is 11.8 Å². The van der Waals surface area contributed by atoms with E-state index in [0.29, 0.717) is 13.0 Å². The summed E-state index contributed by atoms with van der Waals surface area (Å²) in [7, 11) is 0. The van der Waals surface area contributed by atoms with Gasteiger partial charge in [-0.3, -0.25) is 4.79 Å². The molecule has 1 rings (SSSR count). The second-order valence-electron chi connectivity index (χ2n) is 3.87. The van der Waals surface area contributed by atoms with Crippen molar-refractivity contribution >= 4 is 5.97 Å². The summed E-state index contributed by atoms with van der Waals surface area (Å²) in [6.45, 7) is 4.58. The molecule has 0 amide bonds. The fourth-order valence-corrected chi connectivity index (χ4v) is 1.71. The number of ether oxygens (including phenoxy) is 1. The van der Waals surface area contributed by atoms with Crippen LogP contribution in [0, 0.1) is 0 Å². The number of rotatable bonds is 6. The van der Waals surface area contributed by atoms with Crippen molar-refractivity contribution in [1.82, 2.24) is 0 Å². The Morgan fingerprint density at radius 2 is 2.12 bits per heavy atom. The van der Waals surface area contributed by atoms with Gasteiger partial charge in [0.2, 0.25) is 0 Å². The van der Waals surface area contributed by atoms with E-state index < -0.39 is 12.0 Å². The standard InChI is InChI=1S/C13H19NO3/c1-3-9-7-11(17-4-2)6-5-10(9)8-12(14)13(15)16/h5-7,12H,3-4,8,14H2,1-2H3,(H,15,16). The number of carboxylic acid groups (broad SMARTS) is 1. The van der Waals surface area contributed by atoms with Gasteiger partial charge in [-0.2, -0.15) is 0 Å². The van der Waals surface area contributed by atoms with Crippen LogP contribution in [0.4, 0.5) is 0 Å². The monoisotopic (exact) mass is 237 g/mol. The van der Waals surface area contributed by atoms with Gasteiger partial charge in [-0.1, -0.05) is 13.0 Å². The van der Waals surface area contributed by atoms with E-state index in [1.807, 2.05) is 32.0 Å². The molecule has 0 aliphatic carbocycles. The third-order valence-electron chi connectivity index (χ3n) is 2.63. The molecule has 0 spiro atoms. The van der Waals surface area contributed by atoms with Gasteiger partial charge in [-0.05, 0) is 43.0 Å². The molecular weight excluding hydrogens is 218 g/mol. The van der Waals surface area contributed by atoms with Crippen LogP contribution < -0.4 is 10.5 Å². The van der Waals surface area contributed by atoms with Gasteiger partial charge in [-0.25, -0.2) is 0 Å². The first kappa shape index (κ1) is 13.5. The van der Waals surface area contributed by atoms with Crippen LogP contribution in [-0.4, -0.2) is 23.7 Å². The summed E-state index contributed by atoms with van der Waals surface area (Å²) in [4.78, 5) is 10.7. The molecule has 0 fully saturated rings. The zero-order chi connectivity index (χ0) is 12.8. The number of aliphatic carboxylic acids is 1. The molecular formula is C13H19NO3. The second-order valence-corrected chi connectivity index (χ2v) is 3.87. The van der Waals surface area contributed by atoms with Crippen LogP contribution in [0.3, 0.4) is 0 Å². The fourth-order valence-electron chi connectivity index (χ4n) is 1.71. The fraction of sp³-hybridized carbons (Fsp3) is 0.462. The Morgan fingerprint density at radius 1 is 1.41 bits per heavy atom. The number of hydrogen-bond acceptors (Lipinski definition) is 3. The van der Waals surface area contributed by atoms with Crippen molar-refractivity contribution in [2.24, 2.45) is 5.73 Å². The van der Waals surface area contributed by atoms with Gasteiger partial charge < -0.3 is 15.6 Å². The maximum atomic E-state index is 10.7. The molecule has 4 nitrogen and oxygen atoms in total. The van der Waals surface area contributed by atoms with E-state index in [9.17, 15) is 4.79 Å². The predicted octanol–water partition coefficient (Wildman–Crippen LogP) is 1.60. The maximum absolute atomic E-state index is 10.7. The summed E-state index contributed by atoms with van der Waals surface area (Å²) < 4.78 is 5.41.